The van der Waals surface area contributed by atoms with Gasteiger partial charge in [-0.05, 0) is 25.0 Å². The Labute approximate surface area is 131 Å². The molecule has 0 unspecified atom stereocenters. The first-order chi connectivity index (χ1) is 10.4. The number of aromatic nitrogens is 2. The Morgan fingerprint density at radius 2 is 2.18 bits per heavy atom. The van der Waals surface area contributed by atoms with Crippen LogP contribution in [0.5, 0.6) is 0 Å². The van der Waals surface area contributed by atoms with Crippen LogP contribution in [0.15, 0.2) is 17.3 Å². The van der Waals surface area contributed by atoms with E-state index in [1.54, 1.807) is 12.1 Å². The lowest BCUT2D eigenvalue weighted by molar-refractivity contribution is 0.281. The Balaban J connectivity index is 1.90. The molecule has 2 aromatic rings. The quantitative estimate of drug-likeness (QED) is 0.683. The average molecular weight is 342 g/mol. The standard InChI is InChI=1S/C13H12ClN3O4S/c14-9-4-3-8-10(16-21-22(18,19)20)5-6-17-12(8)11(9)15-13(17)7-1-2-7/h3-4,7H,1-2,5-6H2,(H,18,19,20)/b16-10-. The lowest BCUT2D eigenvalue weighted by Gasteiger charge is -2.18. The number of halogens is 1. The molecule has 1 aromatic carbocycles. The van der Waals surface area contributed by atoms with Gasteiger partial charge in [0.05, 0.1) is 16.3 Å². The molecule has 7 nitrogen and oxygen atoms in total. The van der Waals surface area contributed by atoms with Crippen LogP contribution in [0.3, 0.4) is 0 Å². The number of hydrogen-bond donors (Lipinski definition) is 1. The zero-order chi connectivity index (χ0) is 15.5. The smallest absolute Gasteiger partial charge is 0.327 e. The number of nitrogens with zero attached hydrogens (tertiary/aromatic N) is 3. The molecule has 1 saturated carbocycles. The molecule has 0 atom stereocenters. The molecule has 116 valence electrons. The van der Waals surface area contributed by atoms with Gasteiger partial charge in [0.1, 0.15) is 11.3 Å². The van der Waals surface area contributed by atoms with Gasteiger partial charge in [0.2, 0.25) is 0 Å². The fraction of sp³-hybridized carbons (Fsp3) is 0.385. The minimum Gasteiger partial charge on any atom is -0.327 e. The SMILES string of the molecule is O=S(=O)(O)O/N=C1/CCn2c(C3CC3)nc3c(Cl)ccc1c32. The van der Waals surface area contributed by atoms with Gasteiger partial charge in [-0.2, -0.15) is 8.42 Å². The molecule has 2 aliphatic rings. The summed E-state index contributed by atoms with van der Waals surface area (Å²) in [6, 6.07) is 3.48. The maximum absolute atomic E-state index is 10.7. The normalized spacial score (nSPS) is 19.8. The second-order valence-corrected chi connectivity index (χ2v) is 6.89. The predicted molar refractivity (Wildman–Crippen MR) is 80.5 cm³/mol. The van der Waals surface area contributed by atoms with Gasteiger partial charge in [0.25, 0.3) is 0 Å². The predicted octanol–water partition coefficient (Wildman–Crippen LogP) is 2.49. The second kappa shape index (κ2) is 4.68. The van der Waals surface area contributed by atoms with E-state index in [1.165, 1.54) is 0 Å². The summed E-state index contributed by atoms with van der Waals surface area (Å²) < 4.78 is 36.4. The molecule has 1 N–H and O–H groups in total. The molecule has 1 fully saturated rings. The summed E-state index contributed by atoms with van der Waals surface area (Å²) >= 11 is 6.24. The van der Waals surface area contributed by atoms with Gasteiger partial charge in [-0.3, -0.25) is 4.55 Å². The molecule has 2 heterocycles. The largest absolute Gasteiger partial charge is 0.466 e. The van der Waals surface area contributed by atoms with Crippen molar-refractivity contribution in [1.29, 1.82) is 0 Å². The van der Waals surface area contributed by atoms with Crippen LogP contribution in [-0.4, -0.2) is 28.2 Å². The summed E-state index contributed by atoms with van der Waals surface area (Å²) in [7, 11) is -4.61. The van der Waals surface area contributed by atoms with Crippen LogP contribution in [-0.2, 0) is 21.2 Å². The third kappa shape index (κ3) is 2.27. The fourth-order valence-electron chi connectivity index (χ4n) is 2.88. The van der Waals surface area contributed by atoms with Crippen molar-refractivity contribution in [3.05, 3.63) is 28.5 Å². The van der Waals surface area contributed by atoms with E-state index in [4.69, 9.17) is 16.2 Å². The highest BCUT2D eigenvalue weighted by atomic mass is 35.5. The lowest BCUT2D eigenvalue weighted by Crippen LogP contribution is -2.17. The summed E-state index contributed by atoms with van der Waals surface area (Å²) in [5.74, 6) is 1.50. The van der Waals surface area contributed by atoms with Crippen molar-refractivity contribution in [3.63, 3.8) is 0 Å². The molecule has 1 aromatic heterocycles. The van der Waals surface area contributed by atoms with Crippen molar-refractivity contribution >= 4 is 38.7 Å². The van der Waals surface area contributed by atoms with Crippen molar-refractivity contribution < 1.29 is 17.3 Å². The van der Waals surface area contributed by atoms with Gasteiger partial charge in [-0.25, -0.2) is 9.27 Å². The maximum atomic E-state index is 10.7. The van der Waals surface area contributed by atoms with Crippen LogP contribution >= 0.6 is 11.6 Å². The first-order valence-electron chi connectivity index (χ1n) is 6.86. The van der Waals surface area contributed by atoms with E-state index >= 15 is 0 Å². The molecular formula is C13H12ClN3O4S. The highest BCUT2D eigenvalue weighted by Crippen LogP contribution is 2.43. The van der Waals surface area contributed by atoms with Crippen LogP contribution < -0.4 is 0 Å². The summed E-state index contributed by atoms with van der Waals surface area (Å²) in [5, 5.41) is 4.12. The zero-order valence-corrected chi connectivity index (χ0v) is 12.9. The van der Waals surface area contributed by atoms with Crippen molar-refractivity contribution in [3.8, 4) is 0 Å². The van der Waals surface area contributed by atoms with E-state index < -0.39 is 10.4 Å². The summed E-state index contributed by atoms with van der Waals surface area (Å²) in [6.45, 7) is 0.628. The second-order valence-electron chi connectivity index (χ2n) is 5.48. The summed E-state index contributed by atoms with van der Waals surface area (Å²) in [5.41, 5.74) is 2.72. The van der Waals surface area contributed by atoms with Gasteiger partial charge >= 0.3 is 10.4 Å². The highest BCUT2D eigenvalue weighted by Gasteiger charge is 2.33. The fourth-order valence-corrected chi connectivity index (χ4v) is 3.25. The number of aryl methyl sites for hydroxylation is 1. The monoisotopic (exact) mass is 341 g/mol. The van der Waals surface area contributed by atoms with Gasteiger partial charge < -0.3 is 4.57 Å². The molecule has 0 radical (unpaired) electrons. The molecular weight excluding hydrogens is 330 g/mol. The van der Waals surface area contributed by atoms with E-state index in [-0.39, 0.29) is 0 Å². The molecule has 0 spiro atoms. The number of oxime groups is 1. The average Bonchev–Trinajstić information content (AvgIpc) is 3.22. The minimum atomic E-state index is -4.61. The zero-order valence-electron chi connectivity index (χ0n) is 11.4. The highest BCUT2D eigenvalue weighted by molar-refractivity contribution is 7.80. The molecule has 4 rings (SSSR count). The van der Waals surface area contributed by atoms with Gasteiger partial charge in [-0.1, -0.05) is 16.8 Å². The van der Waals surface area contributed by atoms with E-state index in [2.05, 4.69) is 19.0 Å². The van der Waals surface area contributed by atoms with Crippen LogP contribution in [0.1, 0.15) is 36.6 Å². The van der Waals surface area contributed by atoms with Crippen molar-refractivity contribution in [2.75, 3.05) is 0 Å². The third-order valence-electron chi connectivity index (χ3n) is 3.94. The topological polar surface area (TPSA) is 93.8 Å². The van der Waals surface area contributed by atoms with E-state index in [0.717, 1.165) is 29.7 Å². The van der Waals surface area contributed by atoms with Crippen molar-refractivity contribution in [1.82, 2.24) is 9.55 Å². The molecule has 0 saturated heterocycles. The lowest BCUT2D eigenvalue weighted by atomic mass is 10.0. The number of imidazole rings is 1. The number of hydrogen-bond acceptors (Lipinski definition) is 5. The van der Waals surface area contributed by atoms with E-state index in [0.29, 0.717) is 35.1 Å². The van der Waals surface area contributed by atoms with Crippen molar-refractivity contribution in [2.24, 2.45) is 5.16 Å². The molecule has 1 aliphatic heterocycles. The first-order valence-corrected chi connectivity index (χ1v) is 8.60. The Morgan fingerprint density at radius 1 is 1.41 bits per heavy atom. The molecule has 1 aliphatic carbocycles. The van der Waals surface area contributed by atoms with Gasteiger partial charge in [-0.15, -0.1) is 0 Å². The Hall–Kier alpha value is -1.64. The van der Waals surface area contributed by atoms with Crippen LogP contribution in [0.4, 0.5) is 0 Å². The van der Waals surface area contributed by atoms with Gasteiger partial charge in [0.15, 0.2) is 0 Å². The first kappa shape index (κ1) is 14.0. The van der Waals surface area contributed by atoms with Crippen LogP contribution in [0.25, 0.3) is 11.0 Å². The van der Waals surface area contributed by atoms with Crippen LogP contribution in [0.2, 0.25) is 5.02 Å². The molecule has 22 heavy (non-hydrogen) atoms. The molecule has 0 amide bonds. The summed E-state index contributed by atoms with van der Waals surface area (Å²) in [6.07, 6.45) is 2.75. The maximum Gasteiger partial charge on any atom is 0.466 e. The number of rotatable bonds is 3. The Bertz CT molecular complexity index is 915. The minimum absolute atomic E-state index is 0.453. The van der Waals surface area contributed by atoms with E-state index in [9.17, 15) is 8.42 Å². The summed E-state index contributed by atoms with van der Waals surface area (Å²) in [4.78, 5) is 4.66. The molecule has 0 bridgehead atoms. The number of benzene rings is 1. The third-order valence-corrected chi connectivity index (χ3v) is 4.51. The van der Waals surface area contributed by atoms with Crippen LogP contribution in [0, 0.1) is 0 Å². The van der Waals surface area contributed by atoms with Gasteiger partial charge in [0, 0.05) is 24.4 Å². The van der Waals surface area contributed by atoms with E-state index in [1.807, 2.05) is 0 Å². The Morgan fingerprint density at radius 3 is 2.86 bits per heavy atom. The Kier molecular flexibility index (Phi) is 2.97. The molecule has 9 heteroatoms. The van der Waals surface area contributed by atoms with Crippen molar-refractivity contribution in [2.45, 2.75) is 31.7 Å².